The number of Topliss-reactive ketones (excluding diaryl/α,β-unsaturated/α-hetero) is 1. The molecule has 0 unspecified atom stereocenters. The molecule has 8 heteroatoms. The van der Waals surface area contributed by atoms with Crippen molar-refractivity contribution in [1.29, 1.82) is 0 Å². The van der Waals surface area contributed by atoms with Gasteiger partial charge >= 0.3 is 0 Å². The molecule has 8 nitrogen and oxygen atoms in total. The summed E-state index contributed by atoms with van der Waals surface area (Å²) in [5.41, 5.74) is 3.27. The Hall–Kier alpha value is -3.07. The molecule has 3 aliphatic rings. The van der Waals surface area contributed by atoms with Crippen LogP contribution in [0.4, 0.5) is 0 Å². The van der Waals surface area contributed by atoms with E-state index in [2.05, 4.69) is 9.80 Å². The number of benzene rings is 2. The van der Waals surface area contributed by atoms with E-state index in [4.69, 9.17) is 23.7 Å². The fourth-order valence-corrected chi connectivity index (χ4v) is 4.64. The molecule has 180 valence electrons. The zero-order chi connectivity index (χ0) is 23.7. The van der Waals surface area contributed by atoms with Gasteiger partial charge in [0.1, 0.15) is 18.2 Å². The van der Waals surface area contributed by atoms with E-state index in [1.54, 1.807) is 26.4 Å². The van der Waals surface area contributed by atoms with Crippen molar-refractivity contribution < 1.29 is 28.5 Å². The smallest absolute Gasteiger partial charge is 0.231 e. The fraction of sp³-hybridized carbons (Fsp3) is 0.423. The number of fused-ring (bicyclic) bond motifs is 2. The van der Waals surface area contributed by atoms with E-state index in [0.717, 1.165) is 68.4 Å². The van der Waals surface area contributed by atoms with Gasteiger partial charge in [0.25, 0.3) is 0 Å². The van der Waals surface area contributed by atoms with E-state index in [0.29, 0.717) is 29.5 Å². The summed E-state index contributed by atoms with van der Waals surface area (Å²) in [7, 11) is 3.17. The molecule has 0 N–H and O–H groups in total. The zero-order valence-corrected chi connectivity index (χ0v) is 19.9. The lowest BCUT2D eigenvalue weighted by molar-refractivity contribution is 0.0239. The molecule has 1 fully saturated rings. The SMILES string of the molecule is COc1ccc(/C=C2\Oc3c(cc4c(c3C)OCN(CCN3CCOCC3)C4)C2=O)cc1OC. The lowest BCUT2D eigenvalue weighted by Gasteiger charge is -2.33. The first-order valence-corrected chi connectivity index (χ1v) is 11.6. The van der Waals surface area contributed by atoms with E-state index >= 15 is 0 Å². The summed E-state index contributed by atoms with van der Waals surface area (Å²) >= 11 is 0. The van der Waals surface area contributed by atoms with Gasteiger partial charge in [0.05, 0.1) is 33.0 Å². The van der Waals surface area contributed by atoms with Crippen molar-refractivity contribution in [3.8, 4) is 23.0 Å². The highest BCUT2D eigenvalue weighted by molar-refractivity contribution is 6.15. The average Bonchev–Trinajstić information content (AvgIpc) is 3.18. The van der Waals surface area contributed by atoms with Crippen molar-refractivity contribution in [1.82, 2.24) is 9.80 Å². The third-order valence-electron chi connectivity index (χ3n) is 6.54. The fourth-order valence-electron chi connectivity index (χ4n) is 4.64. The largest absolute Gasteiger partial charge is 0.493 e. The van der Waals surface area contributed by atoms with Crippen LogP contribution >= 0.6 is 0 Å². The van der Waals surface area contributed by atoms with Gasteiger partial charge in [-0.05, 0) is 36.8 Å². The number of hydrogen-bond donors (Lipinski definition) is 0. The maximum absolute atomic E-state index is 13.2. The number of hydrogen-bond acceptors (Lipinski definition) is 8. The van der Waals surface area contributed by atoms with Crippen LogP contribution in [0.5, 0.6) is 23.0 Å². The summed E-state index contributed by atoms with van der Waals surface area (Å²) in [5.74, 6) is 2.79. The van der Waals surface area contributed by atoms with E-state index in [1.807, 2.05) is 25.1 Å². The van der Waals surface area contributed by atoms with Crippen molar-refractivity contribution in [2.24, 2.45) is 0 Å². The lowest BCUT2D eigenvalue weighted by Crippen LogP contribution is -2.43. The van der Waals surface area contributed by atoms with Crippen LogP contribution in [0.1, 0.15) is 27.0 Å². The summed E-state index contributed by atoms with van der Waals surface area (Å²) in [6.45, 7) is 8.65. The van der Waals surface area contributed by atoms with Crippen LogP contribution in [0.15, 0.2) is 30.0 Å². The van der Waals surface area contributed by atoms with E-state index in [9.17, 15) is 4.79 Å². The maximum Gasteiger partial charge on any atom is 0.231 e. The normalized spacial score (nSPS) is 19.4. The van der Waals surface area contributed by atoms with Crippen LogP contribution in [0, 0.1) is 6.92 Å². The highest BCUT2D eigenvalue weighted by Crippen LogP contribution is 2.43. The second kappa shape index (κ2) is 9.66. The predicted octanol–water partition coefficient (Wildman–Crippen LogP) is 3.11. The molecule has 3 heterocycles. The predicted molar refractivity (Wildman–Crippen MR) is 127 cm³/mol. The van der Waals surface area contributed by atoms with Gasteiger partial charge in [-0.3, -0.25) is 14.6 Å². The molecule has 0 bridgehead atoms. The molecule has 0 spiro atoms. The summed E-state index contributed by atoms with van der Waals surface area (Å²) in [5, 5.41) is 0. The van der Waals surface area contributed by atoms with Crippen LogP contribution < -0.4 is 18.9 Å². The molecular weight excluding hydrogens is 436 g/mol. The minimum absolute atomic E-state index is 0.124. The second-order valence-electron chi connectivity index (χ2n) is 8.70. The molecule has 2 aromatic rings. The highest BCUT2D eigenvalue weighted by Gasteiger charge is 2.33. The Labute approximate surface area is 199 Å². The zero-order valence-electron chi connectivity index (χ0n) is 19.9. The van der Waals surface area contributed by atoms with Crippen LogP contribution in [-0.4, -0.2) is 75.9 Å². The third-order valence-corrected chi connectivity index (χ3v) is 6.54. The summed E-state index contributed by atoms with van der Waals surface area (Å²) in [4.78, 5) is 17.9. The van der Waals surface area contributed by atoms with Gasteiger partial charge in [0.15, 0.2) is 17.3 Å². The molecule has 0 aromatic heterocycles. The minimum atomic E-state index is -0.124. The number of morpholine rings is 1. The number of carbonyl (C=O) groups is 1. The molecule has 0 saturated carbocycles. The third kappa shape index (κ3) is 4.36. The monoisotopic (exact) mass is 466 g/mol. The number of ether oxygens (including phenoxy) is 5. The molecule has 2 aromatic carbocycles. The first-order chi connectivity index (χ1) is 16.6. The van der Waals surface area contributed by atoms with Gasteiger partial charge in [0.2, 0.25) is 5.78 Å². The lowest BCUT2D eigenvalue weighted by atomic mass is 10.00. The Morgan fingerprint density at radius 3 is 2.53 bits per heavy atom. The van der Waals surface area contributed by atoms with Gasteiger partial charge < -0.3 is 23.7 Å². The second-order valence-corrected chi connectivity index (χ2v) is 8.70. The van der Waals surface area contributed by atoms with E-state index < -0.39 is 0 Å². The van der Waals surface area contributed by atoms with Crippen LogP contribution in [0.3, 0.4) is 0 Å². The first-order valence-electron chi connectivity index (χ1n) is 11.6. The number of nitrogens with zero attached hydrogens (tertiary/aromatic N) is 2. The van der Waals surface area contributed by atoms with Crippen LogP contribution in [-0.2, 0) is 11.3 Å². The topological polar surface area (TPSA) is 69.7 Å². The minimum Gasteiger partial charge on any atom is -0.493 e. The van der Waals surface area contributed by atoms with E-state index in [-0.39, 0.29) is 11.5 Å². The van der Waals surface area contributed by atoms with Crippen LogP contribution in [0.2, 0.25) is 0 Å². The summed E-state index contributed by atoms with van der Waals surface area (Å²) in [6.07, 6.45) is 1.73. The van der Waals surface area contributed by atoms with Gasteiger partial charge in [-0.1, -0.05) is 6.07 Å². The Morgan fingerprint density at radius 2 is 1.76 bits per heavy atom. The van der Waals surface area contributed by atoms with Crippen LogP contribution in [0.25, 0.3) is 6.08 Å². The van der Waals surface area contributed by atoms with E-state index in [1.165, 1.54) is 0 Å². The molecule has 0 atom stereocenters. The summed E-state index contributed by atoms with van der Waals surface area (Å²) in [6, 6.07) is 7.41. The number of carbonyl (C=O) groups excluding carboxylic acids is 1. The van der Waals surface area contributed by atoms with Crippen molar-refractivity contribution in [3.63, 3.8) is 0 Å². The quantitative estimate of drug-likeness (QED) is 0.602. The Kier molecular flexibility index (Phi) is 6.45. The van der Waals surface area contributed by atoms with Gasteiger partial charge in [-0.15, -0.1) is 0 Å². The number of rotatable bonds is 6. The first kappa shape index (κ1) is 22.7. The Balaban J connectivity index is 1.34. The standard InChI is InChI=1S/C26H30N2O6/c1-17-25-19(15-28(16-33-25)7-6-27-8-10-32-11-9-27)14-20-24(29)23(34-26(17)20)13-18-4-5-21(30-2)22(12-18)31-3/h4-5,12-14H,6-11,15-16H2,1-3H3/b23-13-. The number of allylic oxidation sites excluding steroid dienone is 1. The molecule has 0 amide bonds. The molecule has 3 aliphatic heterocycles. The highest BCUT2D eigenvalue weighted by atomic mass is 16.5. The maximum atomic E-state index is 13.2. The van der Waals surface area contributed by atoms with Crippen molar-refractivity contribution >= 4 is 11.9 Å². The summed E-state index contributed by atoms with van der Waals surface area (Å²) < 4.78 is 28.3. The molecule has 0 radical (unpaired) electrons. The van der Waals surface area contributed by atoms with Crippen molar-refractivity contribution in [3.05, 3.63) is 52.3 Å². The Morgan fingerprint density at radius 1 is 1.00 bits per heavy atom. The molecule has 1 saturated heterocycles. The Bertz CT molecular complexity index is 1120. The molecule has 5 rings (SSSR count). The van der Waals surface area contributed by atoms with Crippen molar-refractivity contribution in [2.75, 3.05) is 60.3 Å². The average molecular weight is 467 g/mol. The molecule has 0 aliphatic carbocycles. The van der Waals surface area contributed by atoms with Gasteiger partial charge in [-0.2, -0.15) is 0 Å². The molecule has 34 heavy (non-hydrogen) atoms. The van der Waals surface area contributed by atoms with Crippen molar-refractivity contribution in [2.45, 2.75) is 13.5 Å². The molecular formula is C26H30N2O6. The number of methoxy groups -OCH3 is 2. The van der Waals surface area contributed by atoms with Gasteiger partial charge in [-0.25, -0.2) is 0 Å². The number of ketones is 1. The van der Waals surface area contributed by atoms with Gasteiger partial charge in [0, 0.05) is 43.9 Å².